The summed E-state index contributed by atoms with van der Waals surface area (Å²) in [5.41, 5.74) is 1.85. The first-order chi connectivity index (χ1) is 10.7. The average molecular weight is 533 g/mol. The molecule has 3 rings (SSSR count). The van der Waals surface area contributed by atoms with E-state index in [4.69, 9.17) is 5.26 Å². The van der Waals surface area contributed by atoms with Crippen molar-refractivity contribution < 1.29 is 35.5 Å². The molecule has 0 atom stereocenters. The van der Waals surface area contributed by atoms with Crippen LogP contribution in [0, 0.1) is 61.4 Å². The SMILES string of the molecule is [CH2-]c1ccc(C#N)cc1F.[U+2].[c-]1cccc(C2CCNCC2)n1. The minimum atomic E-state index is -0.431. The molecule has 0 bridgehead atoms. The van der Waals surface area contributed by atoms with E-state index in [1.165, 1.54) is 36.7 Å². The van der Waals surface area contributed by atoms with Gasteiger partial charge in [0.1, 0.15) is 0 Å². The van der Waals surface area contributed by atoms with Gasteiger partial charge >= 0.3 is 31.1 Å². The summed E-state index contributed by atoms with van der Waals surface area (Å²) in [6.45, 7) is 5.66. The number of nitrogens with one attached hydrogen (secondary N) is 1. The predicted molar refractivity (Wildman–Crippen MR) is 83.5 cm³/mol. The summed E-state index contributed by atoms with van der Waals surface area (Å²) in [7, 11) is 0. The van der Waals surface area contributed by atoms with Gasteiger partial charge < -0.3 is 10.3 Å². The first-order valence-electron chi connectivity index (χ1n) is 7.26. The van der Waals surface area contributed by atoms with E-state index in [2.05, 4.69) is 29.5 Å². The van der Waals surface area contributed by atoms with Crippen LogP contribution in [-0.2, 0) is 0 Å². The zero-order valence-electron chi connectivity index (χ0n) is 12.8. The second-order valence-electron chi connectivity index (χ2n) is 5.13. The number of nitrogens with zero attached hydrogens (tertiary/aromatic N) is 2. The molecular weight excluding hydrogens is 515 g/mol. The van der Waals surface area contributed by atoms with Gasteiger partial charge in [-0.15, -0.1) is 6.07 Å². The van der Waals surface area contributed by atoms with Crippen LogP contribution in [0.4, 0.5) is 4.39 Å². The summed E-state index contributed by atoms with van der Waals surface area (Å²) < 4.78 is 12.6. The van der Waals surface area contributed by atoms with Crippen molar-refractivity contribution in [3.63, 3.8) is 0 Å². The molecule has 1 N–H and O–H groups in total. The Kier molecular flexibility index (Phi) is 8.96. The number of rotatable bonds is 1. The smallest absolute Gasteiger partial charge is 0.391 e. The van der Waals surface area contributed by atoms with Crippen molar-refractivity contribution in [2.24, 2.45) is 0 Å². The second-order valence-corrected chi connectivity index (χ2v) is 5.13. The van der Waals surface area contributed by atoms with Crippen LogP contribution in [0.1, 0.15) is 35.6 Å². The largest absolute Gasteiger partial charge is 2.00 e. The molecule has 1 aromatic heterocycles. The van der Waals surface area contributed by atoms with Gasteiger partial charge in [0.2, 0.25) is 0 Å². The van der Waals surface area contributed by atoms with E-state index in [-0.39, 0.29) is 31.1 Å². The molecule has 116 valence electrons. The average Bonchev–Trinajstić information content (AvgIpc) is 2.59. The van der Waals surface area contributed by atoms with Crippen molar-refractivity contribution in [3.05, 3.63) is 72.2 Å². The van der Waals surface area contributed by atoms with Gasteiger partial charge in [0, 0.05) is 11.4 Å². The minimum Gasteiger partial charge on any atom is -0.391 e. The fourth-order valence-electron chi connectivity index (χ4n) is 2.30. The third kappa shape index (κ3) is 6.36. The zero-order valence-corrected chi connectivity index (χ0v) is 17.0. The molecule has 1 saturated heterocycles. The van der Waals surface area contributed by atoms with E-state index in [0.29, 0.717) is 17.0 Å². The Hall–Kier alpha value is -1.33. The van der Waals surface area contributed by atoms with Crippen LogP contribution in [-0.4, -0.2) is 18.1 Å². The van der Waals surface area contributed by atoms with Crippen molar-refractivity contribution >= 4 is 0 Å². The Balaban J connectivity index is 0.000000224. The molecule has 1 fully saturated rings. The van der Waals surface area contributed by atoms with Gasteiger partial charge in [0.25, 0.3) is 0 Å². The fraction of sp³-hybridized carbons (Fsp3) is 0.278. The number of nitriles is 1. The quantitative estimate of drug-likeness (QED) is 0.573. The summed E-state index contributed by atoms with van der Waals surface area (Å²) in [5, 5.41) is 11.7. The Labute approximate surface area is 160 Å². The van der Waals surface area contributed by atoms with E-state index in [0.717, 1.165) is 13.1 Å². The number of benzene rings is 1. The van der Waals surface area contributed by atoms with Gasteiger partial charge in [-0.25, -0.2) is 0 Å². The first kappa shape index (κ1) is 19.7. The van der Waals surface area contributed by atoms with Crippen molar-refractivity contribution in [3.8, 4) is 6.07 Å². The van der Waals surface area contributed by atoms with Crippen LogP contribution in [0.2, 0.25) is 0 Å². The van der Waals surface area contributed by atoms with Crippen LogP contribution in [0.25, 0.3) is 0 Å². The molecule has 1 aliphatic heterocycles. The molecule has 0 unspecified atom stereocenters. The molecule has 2 heterocycles. The molecular formula is C18H18FN3U. The number of aromatic nitrogens is 1. The number of hydrogen-bond donors (Lipinski definition) is 1. The number of halogens is 1. The monoisotopic (exact) mass is 533 g/mol. The molecule has 23 heavy (non-hydrogen) atoms. The molecule has 5 heteroatoms. The van der Waals surface area contributed by atoms with Crippen LogP contribution < -0.4 is 5.32 Å². The summed E-state index contributed by atoms with van der Waals surface area (Å²) in [6, 6.07) is 12.0. The Morgan fingerprint density at radius 3 is 2.61 bits per heavy atom. The summed E-state index contributed by atoms with van der Waals surface area (Å²) >= 11 is 0. The van der Waals surface area contributed by atoms with Gasteiger partial charge in [-0.05, 0) is 31.8 Å². The molecule has 0 spiro atoms. The summed E-state index contributed by atoms with van der Waals surface area (Å²) in [6.07, 6.45) is 5.31. The molecule has 0 radical (unpaired) electrons. The normalized spacial score (nSPS) is 13.9. The Morgan fingerprint density at radius 2 is 2.04 bits per heavy atom. The number of piperidine rings is 1. The van der Waals surface area contributed by atoms with Gasteiger partial charge in [-0.2, -0.15) is 42.0 Å². The standard InChI is InChI=1S/C10H13N2.C8H5FN.U/c1-2-6-12-10(3-1)9-4-7-11-8-5-9;1-6-2-3-7(5-10)4-8(6)9;/h1-3,9,11H,4-5,7-8H2;2-4H,1H2;/q2*-1;+2. The van der Waals surface area contributed by atoms with E-state index >= 15 is 0 Å². The molecule has 2 aromatic rings. The minimum absolute atomic E-state index is 0. The Bertz CT molecular complexity index is 634. The number of pyridine rings is 1. The van der Waals surface area contributed by atoms with Gasteiger partial charge in [-0.1, -0.05) is 18.0 Å². The zero-order chi connectivity index (χ0) is 15.8. The molecule has 1 aliphatic rings. The van der Waals surface area contributed by atoms with E-state index in [1.54, 1.807) is 0 Å². The fourth-order valence-corrected chi connectivity index (χ4v) is 2.30. The molecule has 1 aromatic carbocycles. The third-order valence-corrected chi connectivity index (χ3v) is 3.57. The van der Waals surface area contributed by atoms with E-state index in [9.17, 15) is 4.39 Å². The number of hydrogen-bond acceptors (Lipinski definition) is 3. The topological polar surface area (TPSA) is 48.7 Å². The van der Waals surface area contributed by atoms with Gasteiger partial charge in [-0.3, -0.25) is 4.39 Å². The molecule has 0 saturated carbocycles. The van der Waals surface area contributed by atoms with Crippen LogP contribution >= 0.6 is 0 Å². The predicted octanol–water partition coefficient (Wildman–Crippen LogP) is 3.23. The van der Waals surface area contributed by atoms with Crippen molar-refractivity contribution in [2.75, 3.05) is 13.1 Å². The second kappa shape index (κ2) is 10.4. The van der Waals surface area contributed by atoms with Gasteiger partial charge in [0.05, 0.1) is 6.07 Å². The first-order valence-corrected chi connectivity index (χ1v) is 7.26. The van der Waals surface area contributed by atoms with Crippen molar-refractivity contribution in [2.45, 2.75) is 18.8 Å². The summed E-state index contributed by atoms with van der Waals surface area (Å²) in [5.74, 6) is 0.225. The molecule has 0 amide bonds. The van der Waals surface area contributed by atoms with Crippen LogP contribution in [0.15, 0.2) is 36.4 Å². The van der Waals surface area contributed by atoms with Crippen LogP contribution in [0.5, 0.6) is 0 Å². The van der Waals surface area contributed by atoms with Crippen molar-refractivity contribution in [1.82, 2.24) is 10.3 Å². The van der Waals surface area contributed by atoms with Crippen LogP contribution in [0.3, 0.4) is 0 Å². The molecule has 0 aliphatic carbocycles. The summed E-state index contributed by atoms with van der Waals surface area (Å²) in [4.78, 5) is 4.25. The van der Waals surface area contributed by atoms with Gasteiger partial charge in [0.15, 0.2) is 0 Å². The van der Waals surface area contributed by atoms with E-state index in [1.807, 2.05) is 18.2 Å². The van der Waals surface area contributed by atoms with E-state index < -0.39 is 5.82 Å². The van der Waals surface area contributed by atoms with Crippen molar-refractivity contribution in [1.29, 1.82) is 5.26 Å². The maximum atomic E-state index is 12.6. The Morgan fingerprint density at radius 1 is 1.30 bits per heavy atom. The molecule has 3 nitrogen and oxygen atoms in total. The maximum absolute atomic E-state index is 12.6. The maximum Gasteiger partial charge on any atom is 2.00 e. The third-order valence-electron chi connectivity index (χ3n) is 3.57.